The van der Waals surface area contributed by atoms with Gasteiger partial charge in [0.15, 0.2) is 0 Å². The molecule has 1 unspecified atom stereocenters. The Morgan fingerprint density at radius 1 is 1.55 bits per heavy atom. The number of hydrogen-bond acceptors (Lipinski definition) is 4. The molecule has 0 radical (unpaired) electrons. The zero-order valence-electron chi connectivity index (χ0n) is 11.5. The van der Waals surface area contributed by atoms with Crippen LogP contribution in [-0.2, 0) is 0 Å². The fourth-order valence-electron chi connectivity index (χ4n) is 1.92. The SMILES string of the molecule is CCOc1cccc(N)c1C(=O)NC(C)c1cn[nH]c1. The van der Waals surface area contributed by atoms with Crippen LogP contribution in [0.4, 0.5) is 5.69 Å². The van der Waals surface area contributed by atoms with Gasteiger partial charge < -0.3 is 15.8 Å². The monoisotopic (exact) mass is 274 g/mol. The number of anilines is 1. The molecule has 1 aromatic heterocycles. The van der Waals surface area contributed by atoms with Gasteiger partial charge >= 0.3 is 0 Å². The Morgan fingerprint density at radius 3 is 3.00 bits per heavy atom. The van der Waals surface area contributed by atoms with Gasteiger partial charge in [-0.2, -0.15) is 5.10 Å². The van der Waals surface area contributed by atoms with Crippen LogP contribution in [-0.4, -0.2) is 22.7 Å². The number of aromatic nitrogens is 2. The van der Waals surface area contributed by atoms with Gasteiger partial charge in [0.05, 0.1) is 18.8 Å². The van der Waals surface area contributed by atoms with Crippen LogP contribution in [0, 0.1) is 0 Å². The van der Waals surface area contributed by atoms with E-state index >= 15 is 0 Å². The molecule has 0 fully saturated rings. The molecule has 0 saturated carbocycles. The van der Waals surface area contributed by atoms with Crippen LogP contribution in [0.2, 0.25) is 0 Å². The lowest BCUT2D eigenvalue weighted by atomic mass is 10.1. The van der Waals surface area contributed by atoms with Crippen molar-refractivity contribution in [3.8, 4) is 5.75 Å². The topological polar surface area (TPSA) is 93.0 Å². The largest absolute Gasteiger partial charge is 0.493 e. The summed E-state index contributed by atoms with van der Waals surface area (Å²) in [5.74, 6) is 0.227. The summed E-state index contributed by atoms with van der Waals surface area (Å²) in [6, 6.07) is 5.00. The number of hydrogen-bond donors (Lipinski definition) is 3. The molecule has 0 spiro atoms. The Labute approximate surface area is 117 Å². The molecule has 106 valence electrons. The zero-order valence-corrected chi connectivity index (χ0v) is 11.5. The van der Waals surface area contributed by atoms with Gasteiger partial charge in [-0.25, -0.2) is 0 Å². The first kappa shape index (κ1) is 13.9. The summed E-state index contributed by atoms with van der Waals surface area (Å²) in [5.41, 5.74) is 7.54. The molecule has 1 atom stereocenters. The predicted molar refractivity (Wildman–Crippen MR) is 76.5 cm³/mol. The number of H-pyrrole nitrogens is 1. The maximum atomic E-state index is 12.4. The van der Waals surface area contributed by atoms with Crippen molar-refractivity contribution in [1.29, 1.82) is 0 Å². The standard InChI is InChI=1S/C14H18N4O2/c1-3-20-12-6-4-5-11(15)13(12)14(19)18-9(2)10-7-16-17-8-10/h4-9H,3,15H2,1-2H3,(H,16,17)(H,18,19). The van der Waals surface area contributed by atoms with Crippen LogP contribution in [0.15, 0.2) is 30.6 Å². The molecule has 0 aliphatic heterocycles. The molecule has 2 aromatic rings. The lowest BCUT2D eigenvalue weighted by molar-refractivity contribution is 0.0937. The quantitative estimate of drug-likeness (QED) is 0.726. The average Bonchev–Trinajstić information content (AvgIpc) is 2.93. The zero-order chi connectivity index (χ0) is 14.5. The van der Waals surface area contributed by atoms with Crippen LogP contribution in [0.5, 0.6) is 5.75 Å². The van der Waals surface area contributed by atoms with E-state index in [4.69, 9.17) is 10.5 Å². The lowest BCUT2D eigenvalue weighted by Crippen LogP contribution is -2.27. The summed E-state index contributed by atoms with van der Waals surface area (Å²) >= 11 is 0. The van der Waals surface area contributed by atoms with E-state index in [0.29, 0.717) is 23.6 Å². The first-order chi connectivity index (χ1) is 9.63. The molecule has 0 saturated heterocycles. The highest BCUT2D eigenvalue weighted by atomic mass is 16.5. The molecule has 0 aliphatic rings. The summed E-state index contributed by atoms with van der Waals surface area (Å²) in [6.07, 6.45) is 3.41. The Balaban J connectivity index is 2.20. The van der Waals surface area contributed by atoms with Gasteiger partial charge in [0.2, 0.25) is 0 Å². The molecule has 1 heterocycles. The van der Waals surface area contributed by atoms with E-state index in [1.807, 2.05) is 13.8 Å². The maximum Gasteiger partial charge on any atom is 0.257 e. The van der Waals surface area contributed by atoms with Crippen molar-refractivity contribution >= 4 is 11.6 Å². The summed E-state index contributed by atoms with van der Waals surface area (Å²) in [7, 11) is 0. The second kappa shape index (κ2) is 6.10. The molecule has 0 aliphatic carbocycles. The van der Waals surface area contributed by atoms with Gasteiger partial charge in [0, 0.05) is 17.4 Å². The van der Waals surface area contributed by atoms with E-state index in [2.05, 4.69) is 15.5 Å². The molecule has 1 amide bonds. The first-order valence-electron chi connectivity index (χ1n) is 6.44. The number of amides is 1. The van der Waals surface area contributed by atoms with E-state index < -0.39 is 0 Å². The van der Waals surface area contributed by atoms with Crippen LogP contribution in [0.1, 0.15) is 35.8 Å². The number of nitrogens with two attached hydrogens (primary N) is 1. The second-order valence-corrected chi connectivity index (χ2v) is 4.38. The van der Waals surface area contributed by atoms with Crippen molar-refractivity contribution in [2.45, 2.75) is 19.9 Å². The molecular formula is C14H18N4O2. The molecule has 0 bridgehead atoms. The number of carbonyl (C=O) groups is 1. The number of ether oxygens (including phenoxy) is 1. The van der Waals surface area contributed by atoms with Crippen molar-refractivity contribution in [1.82, 2.24) is 15.5 Å². The number of nitrogens with one attached hydrogen (secondary N) is 2. The number of carbonyl (C=O) groups excluding carboxylic acids is 1. The molecule has 20 heavy (non-hydrogen) atoms. The van der Waals surface area contributed by atoms with Crippen molar-refractivity contribution in [2.24, 2.45) is 0 Å². The van der Waals surface area contributed by atoms with Crippen LogP contribution >= 0.6 is 0 Å². The molecule has 4 N–H and O–H groups in total. The van der Waals surface area contributed by atoms with E-state index in [-0.39, 0.29) is 11.9 Å². The number of nitrogens with zero attached hydrogens (tertiary/aromatic N) is 1. The number of benzene rings is 1. The molecule has 2 rings (SSSR count). The molecular weight excluding hydrogens is 256 g/mol. The van der Waals surface area contributed by atoms with E-state index in [9.17, 15) is 4.79 Å². The Kier molecular flexibility index (Phi) is 4.24. The molecule has 1 aromatic carbocycles. The van der Waals surface area contributed by atoms with E-state index in [0.717, 1.165) is 5.56 Å². The fraction of sp³-hybridized carbons (Fsp3) is 0.286. The normalized spacial score (nSPS) is 11.9. The van der Waals surface area contributed by atoms with Crippen molar-refractivity contribution < 1.29 is 9.53 Å². The maximum absolute atomic E-state index is 12.4. The Hall–Kier alpha value is -2.50. The third-order valence-electron chi connectivity index (χ3n) is 2.95. The van der Waals surface area contributed by atoms with E-state index in [1.165, 1.54) is 0 Å². The third-order valence-corrected chi connectivity index (χ3v) is 2.95. The molecule has 6 nitrogen and oxygen atoms in total. The average molecular weight is 274 g/mol. The van der Waals surface area contributed by atoms with Gasteiger partial charge in [-0.3, -0.25) is 9.89 Å². The highest BCUT2D eigenvalue weighted by molar-refractivity contribution is 6.02. The smallest absolute Gasteiger partial charge is 0.257 e. The third kappa shape index (κ3) is 2.90. The second-order valence-electron chi connectivity index (χ2n) is 4.38. The summed E-state index contributed by atoms with van der Waals surface area (Å²) in [5, 5.41) is 9.46. The summed E-state index contributed by atoms with van der Waals surface area (Å²) < 4.78 is 5.45. The van der Waals surface area contributed by atoms with E-state index in [1.54, 1.807) is 30.6 Å². The van der Waals surface area contributed by atoms with Crippen molar-refractivity contribution in [3.05, 3.63) is 41.7 Å². The van der Waals surface area contributed by atoms with Gasteiger partial charge in [0.1, 0.15) is 11.3 Å². The number of aromatic amines is 1. The van der Waals surface area contributed by atoms with Crippen LogP contribution in [0.3, 0.4) is 0 Å². The first-order valence-corrected chi connectivity index (χ1v) is 6.44. The van der Waals surface area contributed by atoms with Crippen LogP contribution in [0.25, 0.3) is 0 Å². The fourth-order valence-corrected chi connectivity index (χ4v) is 1.92. The summed E-state index contributed by atoms with van der Waals surface area (Å²) in [4.78, 5) is 12.4. The lowest BCUT2D eigenvalue weighted by Gasteiger charge is -2.16. The highest BCUT2D eigenvalue weighted by Gasteiger charge is 2.18. The minimum absolute atomic E-state index is 0.171. The Bertz CT molecular complexity index is 581. The predicted octanol–water partition coefficient (Wildman–Crippen LogP) is 1.88. The van der Waals surface area contributed by atoms with Gasteiger partial charge in [-0.05, 0) is 26.0 Å². The molecule has 6 heteroatoms. The number of nitrogen functional groups attached to an aromatic ring is 1. The highest BCUT2D eigenvalue weighted by Crippen LogP contribution is 2.25. The Morgan fingerprint density at radius 2 is 2.35 bits per heavy atom. The summed E-state index contributed by atoms with van der Waals surface area (Å²) in [6.45, 7) is 4.21. The van der Waals surface area contributed by atoms with Crippen molar-refractivity contribution in [2.75, 3.05) is 12.3 Å². The van der Waals surface area contributed by atoms with Gasteiger partial charge in [0.25, 0.3) is 5.91 Å². The van der Waals surface area contributed by atoms with Gasteiger partial charge in [-0.1, -0.05) is 6.07 Å². The van der Waals surface area contributed by atoms with Crippen LogP contribution < -0.4 is 15.8 Å². The number of rotatable bonds is 5. The van der Waals surface area contributed by atoms with Crippen molar-refractivity contribution in [3.63, 3.8) is 0 Å². The minimum atomic E-state index is -0.264. The van der Waals surface area contributed by atoms with Gasteiger partial charge in [-0.15, -0.1) is 0 Å². The minimum Gasteiger partial charge on any atom is -0.493 e.